The van der Waals surface area contributed by atoms with Crippen LogP contribution in [-0.4, -0.2) is 75.6 Å². The Labute approximate surface area is 306 Å². The molecule has 2 aromatic carbocycles. The highest BCUT2D eigenvalue weighted by atomic mass is 32.2. The van der Waals surface area contributed by atoms with Gasteiger partial charge in [-0.25, -0.2) is 8.37 Å². The lowest BCUT2D eigenvalue weighted by molar-refractivity contribution is -0.437. The van der Waals surface area contributed by atoms with Gasteiger partial charge in [0.2, 0.25) is 0 Å². The lowest BCUT2D eigenvalue weighted by Crippen LogP contribution is -2.70. The van der Waals surface area contributed by atoms with Crippen LogP contribution in [0.25, 0.3) is 0 Å². The zero-order valence-electron chi connectivity index (χ0n) is 26.1. The van der Waals surface area contributed by atoms with E-state index in [4.69, 9.17) is 0 Å². The zero-order valence-corrected chi connectivity index (χ0v) is 27.8. The molecule has 0 aromatic heterocycles. The van der Waals surface area contributed by atoms with Crippen molar-refractivity contribution in [2.24, 2.45) is 0 Å². The third-order valence-corrected chi connectivity index (χ3v) is 8.83. The molecule has 0 fully saturated rings. The van der Waals surface area contributed by atoms with E-state index in [2.05, 4.69) is 4.74 Å². The van der Waals surface area contributed by atoms with Crippen LogP contribution in [0.3, 0.4) is 0 Å². The summed E-state index contributed by atoms with van der Waals surface area (Å²) < 4.78 is 407. The van der Waals surface area contributed by atoms with Gasteiger partial charge < -0.3 is 4.74 Å². The van der Waals surface area contributed by atoms with Gasteiger partial charge in [-0.05, 0) is 48.5 Å². The number of halogens is 26. The Bertz CT molecular complexity index is 1910. The predicted molar refractivity (Wildman–Crippen MR) is 132 cm³/mol. The average molecular weight is 966 g/mol. The van der Waals surface area contributed by atoms with Crippen molar-refractivity contribution >= 4 is 20.2 Å². The highest BCUT2D eigenvalue weighted by molar-refractivity contribution is 7.87. The molecule has 0 aliphatic heterocycles. The first-order chi connectivity index (χ1) is 25.6. The molecule has 2 unspecified atom stereocenters. The second-order valence-corrected chi connectivity index (χ2v) is 13.8. The predicted octanol–water partition coefficient (Wildman–Crippen LogP) is 10.4. The van der Waals surface area contributed by atoms with Crippen LogP contribution < -0.4 is 4.74 Å². The van der Waals surface area contributed by atoms with Crippen molar-refractivity contribution in [3.05, 3.63) is 59.7 Å². The van der Waals surface area contributed by atoms with Crippen LogP contribution in [0.5, 0.6) is 11.5 Å². The number of ether oxygens (including phenoxy) is 1. The van der Waals surface area contributed by atoms with Crippen LogP contribution in [0.15, 0.2) is 48.5 Å². The summed E-state index contributed by atoms with van der Waals surface area (Å²) in [5, 5.41) is 0. The molecule has 0 spiro atoms. The van der Waals surface area contributed by atoms with E-state index in [9.17, 15) is 131 Å². The summed E-state index contributed by atoms with van der Waals surface area (Å²) in [5.74, 6) is -65.2. The molecule has 0 N–H and O–H groups in total. The molecule has 0 radical (unpaired) electrons. The minimum Gasteiger partial charge on any atom is -0.457 e. The molecule has 0 aliphatic carbocycles. The van der Waals surface area contributed by atoms with E-state index in [0.29, 0.717) is 0 Å². The molecular formula is C24H8F26O7S2. The Morgan fingerprint density at radius 1 is 0.339 bits per heavy atom. The monoisotopic (exact) mass is 966 g/mol. The second-order valence-electron chi connectivity index (χ2n) is 10.7. The Kier molecular flexibility index (Phi) is 12.6. The Hall–Kier alpha value is -3.76. The fourth-order valence-electron chi connectivity index (χ4n) is 3.73. The van der Waals surface area contributed by atoms with Crippen molar-refractivity contribution in [1.82, 2.24) is 0 Å². The maximum absolute atomic E-state index is 14.8. The Morgan fingerprint density at radius 2 is 0.559 bits per heavy atom. The molecule has 0 heterocycles. The van der Waals surface area contributed by atoms with Crippen LogP contribution in [0, 0.1) is 0 Å². The lowest BCUT2D eigenvalue weighted by Gasteiger charge is -2.41. The van der Waals surface area contributed by atoms with E-state index in [-0.39, 0.29) is 24.3 Å². The number of alkyl halides is 26. The van der Waals surface area contributed by atoms with Crippen LogP contribution in [-0.2, 0) is 40.4 Å². The molecule has 2 aromatic rings. The molecule has 0 saturated heterocycles. The molecule has 7 nitrogen and oxygen atoms in total. The first-order valence-electron chi connectivity index (χ1n) is 13.3. The van der Waals surface area contributed by atoms with Crippen molar-refractivity contribution < 1.29 is 144 Å². The first-order valence-corrected chi connectivity index (χ1v) is 16.1. The fourth-order valence-corrected chi connectivity index (χ4v) is 4.94. The molecule has 2 rings (SSSR count). The topological polar surface area (TPSA) is 96.0 Å². The van der Waals surface area contributed by atoms with Gasteiger partial charge in [0, 0.05) is 11.1 Å². The van der Waals surface area contributed by atoms with Crippen molar-refractivity contribution in [2.45, 2.75) is 70.6 Å². The molecule has 0 amide bonds. The van der Waals surface area contributed by atoms with Gasteiger partial charge in [0.25, 0.3) is 0 Å². The van der Waals surface area contributed by atoms with Crippen molar-refractivity contribution in [2.75, 3.05) is 0 Å². The maximum Gasteiger partial charge on any atom is 0.523 e. The standard InChI is InChI=1S/C24H8F26O7S2/c25-13(26,15(29,30)19(37,17(33,34)21(39,40)41)56-58(51,52)23(45,46)47)9-1-5-11(6-2-9)55-12-7-3-10(4-8-12)14(27,28)16(31,32)20(38,18(35,36)22(42,43)44)57-59(53,54)24(48,49)50/h1-8H. The minimum absolute atomic E-state index is 0.166. The third kappa shape index (κ3) is 8.21. The summed E-state index contributed by atoms with van der Waals surface area (Å²) in [4.78, 5) is 0. The largest absolute Gasteiger partial charge is 0.523 e. The van der Waals surface area contributed by atoms with Crippen LogP contribution >= 0.6 is 0 Å². The van der Waals surface area contributed by atoms with Gasteiger partial charge >= 0.3 is 90.9 Å². The fraction of sp³-hybridized carbons (Fsp3) is 0.500. The zero-order chi connectivity index (χ0) is 47.1. The van der Waals surface area contributed by atoms with E-state index in [1.165, 1.54) is 0 Å². The average Bonchev–Trinajstić information content (AvgIpc) is 3.02. The molecule has 0 saturated carbocycles. The molecule has 59 heavy (non-hydrogen) atoms. The Balaban J connectivity index is 2.60. The molecule has 340 valence electrons. The van der Waals surface area contributed by atoms with E-state index < -0.39 is 138 Å². The normalized spacial score (nSPS) is 17.3. The number of rotatable bonds is 14. The summed E-state index contributed by atoms with van der Waals surface area (Å²) in [6, 6.07) is -3.03. The SMILES string of the molecule is O=S(=O)(OC(F)(C(F)(F)C(F)(F)F)C(F)(F)C(F)(F)c1ccc(Oc2ccc(C(F)(F)C(F)(F)C(F)(OS(=O)(=O)C(F)(F)F)C(F)(F)C(F)(F)F)cc2)cc1)C(F)(F)F. The van der Waals surface area contributed by atoms with Crippen molar-refractivity contribution in [3.8, 4) is 11.5 Å². The highest BCUT2D eigenvalue weighted by Gasteiger charge is 2.90. The van der Waals surface area contributed by atoms with Crippen LogP contribution in [0.1, 0.15) is 11.1 Å². The quantitative estimate of drug-likeness (QED) is 0.106. The molecule has 2 atom stereocenters. The smallest absolute Gasteiger partial charge is 0.457 e. The molecule has 35 heteroatoms. The van der Waals surface area contributed by atoms with Gasteiger partial charge in [-0.1, -0.05) is 0 Å². The van der Waals surface area contributed by atoms with Gasteiger partial charge in [-0.2, -0.15) is 131 Å². The minimum atomic E-state index is -8.36. The van der Waals surface area contributed by atoms with E-state index in [1.807, 2.05) is 0 Å². The van der Waals surface area contributed by atoms with Crippen LogP contribution in [0.2, 0.25) is 0 Å². The van der Waals surface area contributed by atoms with Gasteiger partial charge in [-0.15, -0.1) is 0 Å². The molecule has 0 bridgehead atoms. The summed E-state index contributed by atoms with van der Waals surface area (Å²) in [6.07, 6.45) is -15.8. The summed E-state index contributed by atoms with van der Waals surface area (Å²) in [5.41, 5.74) is -20.1. The van der Waals surface area contributed by atoms with Gasteiger partial charge in [0.15, 0.2) is 0 Å². The maximum atomic E-state index is 14.8. The van der Waals surface area contributed by atoms with E-state index in [1.54, 1.807) is 8.37 Å². The summed E-state index contributed by atoms with van der Waals surface area (Å²) in [7, 11) is -16.7. The summed E-state index contributed by atoms with van der Waals surface area (Å²) in [6.45, 7) is 0. The van der Waals surface area contributed by atoms with Gasteiger partial charge in [0.05, 0.1) is 0 Å². The molecule has 0 aliphatic rings. The van der Waals surface area contributed by atoms with Gasteiger partial charge in [-0.3, -0.25) is 0 Å². The highest BCUT2D eigenvalue weighted by Crippen LogP contribution is 2.62. The Morgan fingerprint density at radius 3 is 0.746 bits per heavy atom. The number of hydrogen-bond acceptors (Lipinski definition) is 7. The van der Waals surface area contributed by atoms with Gasteiger partial charge in [0.1, 0.15) is 11.5 Å². The number of benzene rings is 2. The van der Waals surface area contributed by atoms with Crippen molar-refractivity contribution in [1.29, 1.82) is 0 Å². The number of hydrogen-bond donors (Lipinski definition) is 0. The third-order valence-electron chi connectivity index (χ3n) is 6.80. The van der Waals surface area contributed by atoms with E-state index >= 15 is 0 Å². The second kappa shape index (κ2) is 14.4. The van der Waals surface area contributed by atoms with E-state index in [0.717, 1.165) is 0 Å². The van der Waals surface area contributed by atoms with Crippen LogP contribution in [0.4, 0.5) is 114 Å². The van der Waals surface area contributed by atoms with Crippen molar-refractivity contribution in [3.63, 3.8) is 0 Å². The molecular weight excluding hydrogens is 958 g/mol. The lowest BCUT2D eigenvalue weighted by atomic mass is 9.92. The summed E-state index contributed by atoms with van der Waals surface area (Å²) >= 11 is 0. The first kappa shape index (κ1) is 51.4.